The van der Waals surface area contributed by atoms with Crippen LogP contribution in [0, 0.1) is 0 Å². The summed E-state index contributed by atoms with van der Waals surface area (Å²) in [5.41, 5.74) is 0. The number of amides is 4. The number of nitrogens with zero attached hydrogens (tertiary/aromatic N) is 3. The third kappa shape index (κ3) is 4.12. The number of imide groups is 1. The zero-order valence-electron chi connectivity index (χ0n) is 14.9. The van der Waals surface area contributed by atoms with Gasteiger partial charge in [0.2, 0.25) is 5.88 Å². The van der Waals surface area contributed by atoms with Crippen LogP contribution in [0.15, 0.2) is 24.4 Å². The molecule has 8 heteroatoms. The molecule has 1 aliphatic carbocycles. The van der Waals surface area contributed by atoms with Crippen LogP contribution in [0.1, 0.15) is 32.6 Å². The zero-order chi connectivity index (χ0) is 18.5. The fourth-order valence-electron chi connectivity index (χ4n) is 3.34. The molecule has 1 saturated carbocycles. The van der Waals surface area contributed by atoms with Gasteiger partial charge >= 0.3 is 17.8 Å². The van der Waals surface area contributed by atoms with Crippen LogP contribution in [0.5, 0.6) is 5.88 Å². The molecule has 0 unspecified atom stereocenters. The van der Waals surface area contributed by atoms with Gasteiger partial charge in [0.05, 0.1) is 0 Å². The molecule has 1 saturated heterocycles. The zero-order valence-corrected chi connectivity index (χ0v) is 14.9. The standard InChI is InChI=1S/C18H24N4O4/c1-2-21-11-12-22(17(24)16(21)23)18(25)20-13-6-8-14(9-7-13)26-15-5-3-4-10-19-15/h3-5,10,13-14H,2,6-9,11-12H2,1H3,(H,20,25). The second-order valence-electron chi connectivity index (χ2n) is 6.55. The SMILES string of the molecule is CCN1CCN(C(=O)NC2CCC(Oc3ccccn3)CC2)C(=O)C1=O. The molecule has 3 rings (SSSR count). The largest absolute Gasteiger partial charge is 0.474 e. The van der Waals surface area contributed by atoms with Crippen molar-refractivity contribution in [2.24, 2.45) is 0 Å². The van der Waals surface area contributed by atoms with Gasteiger partial charge in [-0.05, 0) is 38.7 Å². The van der Waals surface area contributed by atoms with Crippen LogP contribution < -0.4 is 10.1 Å². The summed E-state index contributed by atoms with van der Waals surface area (Å²) in [6, 6.07) is 5.05. The number of rotatable bonds is 4. The number of piperazine rings is 1. The molecule has 26 heavy (non-hydrogen) atoms. The Morgan fingerprint density at radius 2 is 1.96 bits per heavy atom. The molecule has 0 radical (unpaired) electrons. The highest BCUT2D eigenvalue weighted by Crippen LogP contribution is 2.23. The fraction of sp³-hybridized carbons (Fsp3) is 0.556. The molecule has 1 aromatic rings. The second kappa shape index (κ2) is 8.16. The smallest absolute Gasteiger partial charge is 0.324 e. The summed E-state index contributed by atoms with van der Waals surface area (Å²) in [5, 5.41) is 2.88. The first-order valence-corrected chi connectivity index (χ1v) is 9.07. The van der Waals surface area contributed by atoms with E-state index in [1.807, 2.05) is 25.1 Å². The number of pyridine rings is 1. The predicted molar refractivity (Wildman–Crippen MR) is 93.4 cm³/mol. The first-order valence-electron chi connectivity index (χ1n) is 9.07. The normalized spacial score (nSPS) is 23.7. The topological polar surface area (TPSA) is 91.8 Å². The number of ether oxygens (including phenoxy) is 1. The van der Waals surface area contributed by atoms with Gasteiger partial charge in [0.15, 0.2) is 0 Å². The fourth-order valence-corrected chi connectivity index (χ4v) is 3.34. The van der Waals surface area contributed by atoms with E-state index in [4.69, 9.17) is 4.74 Å². The molecule has 0 spiro atoms. The number of urea groups is 1. The molecule has 0 aromatic carbocycles. The molecule has 1 aromatic heterocycles. The summed E-state index contributed by atoms with van der Waals surface area (Å²) in [7, 11) is 0. The van der Waals surface area contributed by atoms with Crippen molar-refractivity contribution in [2.75, 3.05) is 19.6 Å². The van der Waals surface area contributed by atoms with Gasteiger partial charge in [-0.1, -0.05) is 6.07 Å². The van der Waals surface area contributed by atoms with Crippen molar-refractivity contribution in [1.29, 1.82) is 0 Å². The number of likely N-dealkylation sites (N-methyl/N-ethyl adjacent to an activating group) is 1. The van der Waals surface area contributed by atoms with Gasteiger partial charge < -0.3 is 15.0 Å². The van der Waals surface area contributed by atoms with E-state index in [0.29, 0.717) is 19.0 Å². The minimum absolute atomic E-state index is 0.0156. The molecule has 0 bridgehead atoms. The van der Waals surface area contributed by atoms with Crippen LogP contribution in [-0.4, -0.2) is 64.4 Å². The number of hydrogen-bond acceptors (Lipinski definition) is 5. The summed E-state index contributed by atoms with van der Waals surface area (Å²) in [4.78, 5) is 43.0. The third-order valence-corrected chi connectivity index (χ3v) is 4.86. The van der Waals surface area contributed by atoms with Crippen LogP contribution in [0.4, 0.5) is 4.79 Å². The minimum Gasteiger partial charge on any atom is -0.474 e. The Hall–Kier alpha value is -2.64. The Morgan fingerprint density at radius 1 is 1.19 bits per heavy atom. The van der Waals surface area contributed by atoms with Gasteiger partial charge in [-0.25, -0.2) is 9.78 Å². The maximum atomic E-state index is 12.4. The van der Waals surface area contributed by atoms with E-state index in [1.165, 1.54) is 4.90 Å². The molecule has 2 fully saturated rings. The molecule has 2 heterocycles. The molecule has 140 valence electrons. The monoisotopic (exact) mass is 360 g/mol. The molecule has 1 N–H and O–H groups in total. The molecule has 1 aliphatic heterocycles. The van der Waals surface area contributed by atoms with Crippen molar-refractivity contribution in [3.8, 4) is 5.88 Å². The molecule has 0 atom stereocenters. The Labute approximate surface area is 152 Å². The molecule has 2 aliphatic rings. The van der Waals surface area contributed by atoms with Crippen LogP contribution in [-0.2, 0) is 9.59 Å². The van der Waals surface area contributed by atoms with Crippen molar-refractivity contribution in [3.05, 3.63) is 24.4 Å². The van der Waals surface area contributed by atoms with Crippen molar-refractivity contribution >= 4 is 17.8 Å². The predicted octanol–water partition coefficient (Wildman–Crippen LogP) is 1.17. The van der Waals surface area contributed by atoms with Crippen LogP contribution >= 0.6 is 0 Å². The van der Waals surface area contributed by atoms with E-state index in [-0.39, 0.29) is 18.7 Å². The first kappa shape index (κ1) is 18.2. The highest BCUT2D eigenvalue weighted by atomic mass is 16.5. The van der Waals surface area contributed by atoms with Crippen molar-refractivity contribution < 1.29 is 19.1 Å². The van der Waals surface area contributed by atoms with E-state index >= 15 is 0 Å². The van der Waals surface area contributed by atoms with E-state index in [9.17, 15) is 14.4 Å². The van der Waals surface area contributed by atoms with E-state index in [0.717, 1.165) is 30.6 Å². The first-order chi connectivity index (χ1) is 12.6. The summed E-state index contributed by atoms with van der Waals surface area (Å²) in [6.45, 7) is 2.91. The summed E-state index contributed by atoms with van der Waals surface area (Å²) in [6.07, 6.45) is 4.91. The van der Waals surface area contributed by atoms with E-state index in [1.54, 1.807) is 6.20 Å². The van der Waals surface area contributed by atoms with Crippen molar-refractivity contribution in [2.45, 2.75) is 44.8 Å². The Balaban J connectivity index is 1.46. The Bertz CT molecular complexity index is 658. The minimum atomic E-state index is -0.747. The summed E-state index contributed by atoms with van der Waals surface area (Å²) in [5.74, 6) is -0.748. The van der Waals surface area contributed by atoms with Crippen molar-refractivity contribution in [1.82, 2.24) is 20.1 Å². The van der Waals surface area contributed by atoms with Gasteiger partial charge in [-0.15, -0.1) is 0 Å². The van der Waals surface area contributed by atoms with Crippen molar-refractivity contribution in [3.63, 3.8) is 0 Å². The van der Waals surface area contributed by atoms with E-state index in [2.05, 4.69) is 10.3 Å². The number of carbonyl (C=O) groups excluding carboxylic acids is 3. The highest BCUT2D eigenvalue weighted by Gasteiger charge is 2.36. The average molecular weight is 360 g/mol. The summed E-state index contributed by atoms with van der Waals surface area (Å²) < 4.78 is 5.84. The van der Waals surface area contributed by atoms with Gasteiger partial charge in [0.25, 0.3) is 0 Å². The Morgan fingerprint density at radius 3 is 2.62 bits per heavy atom. The molecular weight excluding hydrogens is 336 g/mol. The van der Waals surface area contributed by atoms with Crippen LogP contribution in [0.3, 0.4) is 0 Å². The number of carbonyl (C=O) groups is 3. The van der Waals surface area contributed by atoms with Gasteiger partial charge in [-0.2, -0.15) is 0 Å². The quantitative estimate of drug-likeness (QED) is 0.814. The van der Waals surface area contributed by atoms with E-state index < -0.39 is 17.8 Å². The van der Waals surface area contributed by atoms with Crippen LogP contribution in [0.25, 0.3) is 0 Å². The van der Waals surface area contributed by atoms with Gasteiger partial charge in [0.1, 0.15) is 6.10 Å². The maximum Gasteiger partial charge on any atom is 0.324 e. The maximum absolute atomic E-state index is 12.4. The third-order valence-electron chi connectivity index (χ3n) is 4.86. The molecular formula is C18H24N4O4. The van der Waals surface area contributed by atoms with Gasteiger partial charge in [-0.3, -0.25) is 14.5 Å². The molecule has 8 nitrogen and oxygen atoms in total. The second-order valence-corrected chi connectivity index (χ2v) is 6.55. The lowest BCUT2D eigenvalue weighted by Gasteiger charge is -2.34. The number of hydrogen-bond donors (Lipinski definition) is 1. The Kier molecular flexibility index (Phi) is 5.70. The molecule has 4 amide bonds. The lowest BCUT2D eigenvalue weighted by molar-refractivity contribution is -0.153. The highest BCUT2D eigenvalue weighted by molar-refractivity contribution is 6.38. The summed E-state index contributed by atoms with van der Waals surface area (Å²) >= 11 is 0. The lowest BCUT2D eigenvalue weighted by Crippen LogP contribution is -2.59. The number of nitrogens with one attached hydrogen (secondary N) is 1. The average Bonchev–Trinajstić information content (AvgIpc) is 2.66. The number of aromatic nitrogens is 1. The van der Waals surface area contributed by atoms with Gasteiger partial charge in [0, 0.05) is 37.9 Å². The van der Waals surface area contributed by atoms with Crippen LogP contribution in [0.2, 0.25) is 0 Å². The lowest BCUT2D eigenvalue weighted by atomic mass is 9.93.